The zero-order chi connectivity index (χ0) is 21.3. The molecule has 0 aliphatic carbocycles. The molecule has 0 radical (unpaired) electrons. The summed E-state index contributed by atoms with van der Waals surface area (Å²) >= 11 is 1.56. The fraction of sp³-hybridized carbons (Fsp3) is 0.304. The van der Waals surface area contributed by atoms with E-state index in [0.29, 0.717) is 22.9 Å². The van der Waals surface area contributed by atoms with Gasteiger partial charge in [-0.25, -0.2) is 9.97 Å². The highest BCUT2D eigenvalue weighted by Crippen LogP contribution is 2.33. The third kappa shape index (κ3) is 4.84. The molecule has 0 saturated heterocycles. The molecule has 2 aromatic heterocycles. The van der Waals surface area contributed by atoms with E-state index in [2.05, 4.69) is 40.8 Å². The minimum absolute atomic E-state index is 0. The normalized spacial score (nSPS) is 11.1. The van der Waals surface area contributed by atoms with E-state index >= 15 is 0 Å². The van der Waals surface area contributed by atoms with Crippen molar-refractivity contribution in [1.29, 1.82) is 0 Å². The second-order valence-corrected chi connectivity index (χ2v) is 8.71. The molecule has 1 amide bonds. The molecular weight excluding hydrogens is 430 g/mol. The topological polar surface area (TPSA) is 62.2 Å². The molecule has 0 unspecified atom stereocenters. The summed E-state index contributed by atoms with van der Waals surface area (Å²) < 4.78 is 1.13. The maximum absolute atomic E-state index is 13.5. The van der Waals surface area contributed by atoms with Crippen LogP contribution in [0.25, 0.3) is 21.3 Å². The number of fused-ring (bicyclic) bond motifs is 2. The summed E-state index contributed by atoms with van der Waals surface area (Å²) in [5, 5.41) is 0.709. The van der Waals surface area contributed by atoms with Crippen LogP contribution in [0, 0.1) is 13.8 Å². The first-order valence-corrected chi connectivity index (χ1v) is 10.8. The van der Waals surface area contributed by atoms with Gasteiger partial charge in [0.2, 0.25) is 0 Å². The van der Waals surface area contributed by atoms with Gasteiger partial charge in [-0.3, -0.25) is 14.7 Å². The Morgan fingerprint density at radius 2 is 1.68 bits per heavy atom. The summed E-state index contributed by atoms with van der Waals surface area (Å²) in [6.07, 6.45) is 2.40. The molecule has 0 bridgehead atoms. The lowest BCUT2D eigenvalue weighted by Crippen LogP contribution is -2.34. The number of carbonyl (C=O) groups is 1. The largest absolute Gasteiger partial charge is 0.309 e. The van der Waals surface area contributed by atoms with Crippen LogP contribution < -0.4 is 4.90 Å². The van der Waals surface area contributed by atoms with Crippen molar-refractivity contribution in [3.8, 4) is 0 Å². The molecule has 0 saturated carbocycles. The number of hydrogen-bond acceptors (Lipinski definition) is 6. The van der Waals surface area contributed by atoms with Crippen molar-refractivity contribution >= 4 is 56.0 Å². The lowest BCUT2D eigenvalue weighted by molar-refractivity contribution is 0.0981. The van der Waals surface area contributed by atoms with Crippen LogP contribution in [-0.2, 0) is 0 Å². The fourth-order valence-corrected chi connectivity index (χ4v) is 4.53. The maximum Gasteiger partial charge on any atom is 0.280 e. The second-order valence-electron chi connectivity index (χ2n) is 7.73. The predicted octanol–water partition coefficient (Wildman–Crippen LogP) is 4.88. The molecule has 2 heterocycles. The molecule has 0 atom stereocenters. The van der Waals surface area contributed by atoms with E-state index in [1.54, 1.807) is 22.4 Å². The fourth-order valence-electron chi connectivity index (χ4n) is 3.39. The first kappa shape index (κ1) is 23.1. The van der Waals surface area contributed by atoms with Crippen molar-refractivity contribution in [3.05, 3.63) is 59.4 Å². The third-order valence-electron chi connectivity index (χ3n) is 5.06. The van der Waals surface area contributed by atoms with Crippen LogP contribution in [0.3, 0.4) is 0 Å². The van der Waals surface area contributed by atoms with Gasteiger partial charge in [0, 0.05) is 6.54 Å². The van der Waals surface area contributed by atoms with Gasteiger partial charge < -0.3 is 4.90 Å². The van der Waals surface area contributed by atoms with Gasteiger partial charge in [-0.1, -0.05) is 35.6 Å². The Bertz CT molecular complexity index is 1180. The van der Waals surface area contributed by atoms with Crippen LogP contribution in [0.15, 0.2) is 42.6 Å². The first-order chi connectivity index (χ1) is 14.4. The molecule has 4 rings (SSSR count). The smallest absolute Gasteiger partial charge is 0.280 e. The summed E-state index contributed by atoms with van der Waals surface area (Å²) in [7, 11) is 4.07. The first-order valence-electron chi connectivity index (χ1n) is 9.99. The molecule has 8 heteroatoms. The number of carbonyl (C=O) groups excluding carboxylic acids is 1. The van der Waals surface area contributed by atoms with E-state index in [4.69, 9.17) is 4.98 Å². The van der Waals surface area contributed by atoms with Crippen molar-refractivity contribution < 1.29 is 4.79 Å². The summed E-state index contributed by atoms with van der Waals surface area (Å²) in [5.74, 6) is -0.165. The van der Waals surface area contributed by atoms with Crippen LogP contribution >= 0.6 is 23.7 Å². The van der Waals surface area contributed by atoms with Crippen molar-refractivity contribution in [3.63, 3.8) is 0 Å². The number of hydrogen-bond donors (Lipinski definition) is 0. The number of anilines is 1. The van der Waals surface area contributed by atoms with E-state index < -0.39 is 0 Å². The Labute approximate surface area is 192 Å². The van der Waals surface area contributed by atoms with Crippen molar-refractivity contribution in [2.45, 2.75) is 20.3 Å². The predicted molar refractivity (Wildman–Crippen MR) is 131 cm³/mol. The number of thiazole rings is 1. The number of rotatable bonds is 6. The highest BCUT2D eigenvalue weighted by Gasteiger charge is 2.23. The number of amides is 1. The third-order valence-corrected chi connectivity index (χ3v) is 6.28. The summed E-state index contributed by atoms with van der Waals surface area (Å²) in [5.41, 5.74) is 5.08. The van der Waals surface area contributed by atoms with Crippen LogP contribution in [0.4, 0.5) is 5.13 Å². The van der Waals surface area contributed by atoms with Crippen LogP contribution in [0.1, 0.15) is 28.0 Å². The SMILES string of the molecule is Cc1ccc(C)c2sc(N(CCCN(C)C)C(=O)c3cnc4ccccc4n3)nc12.Cl. The minimum atomic E-state index is -0.165. The average molecular weight is 456 g/mol. The highest BCUT2D eigenvalue weighted by atomic mass is 35.5. The van der Waals surface area contributed by atoms with Gasteiger partial charge in [0.15, 0.2) is 5.13 Å². The van der Waals surface area contributed by atoms with Gasteiger partial charge in [0.1, 0.15) is 5.69 Å². The van der Waals surface area contributed by atoms with E-state index in [9.17, 15) is 4.79 Å². The Morgan fingerprint density at radius 3 is 2.39 bits per heavy atom. The molecule has 2 aromatic carbocycles. The molecule has 0 aliphatic rings. The highest BCUT2D eigenvalue weighted by molar-refractivity contribution is 7.22. The van der Waals surface area contributed by atoms with Gasteiger partial charge in [-0.2, -0.15) is 0 Å². The molecule has 6 nitrogen and oxygen atoms in total. The van der Waals surface area contributed by atoms with E-state index in [1.165, 1.54) is 5.56 Å². The molecule has 162 valence electrons. The maximum atomic E-state index is 13.5. The second kappa shape index (κ2) is 9.68. The lowest BCUT2D eigenvalue weighted by atomic mass is 10.1. The van der Waals surface area contributed by atoms with Crippen LogP contribution in [0.2, 0.25) is 0 Å². The molecule has 0 spiro atoms. The standard InChI is InChI=1S/C23H25N5OS.ClH/c1-15-10-11-16(2)21-20(15)26-23(30-21)28(13-7-12-27(3)4)22(29)19-14-24-17-8-5-6-9-18(17)25-19;/h5-6,8-11,14H,7,12-13H2,1-4H3;1H. The Morgan fingerprint density at radius 1 is 0.968 bits per heavy atom. The van der Waals surface area contributed by atoms with Gasteiger partial charge in [-0.15, -0.1) is 12.4 Å². The van der Waals surface area contributed by atoms with E-state index in [1.807, 2.05) is 38.4 Å². The Hall–Kier alpha value is -2.61. The van der Waals surface area contributed by atoms with Gasteiger partial charge in [0.05, 0.1) is 27.4 Å². The van der Waals surface area contributed by atoms with Crippen molar-refractivity contribution in [2.24, 2.45) is 0 Å². The summed E-state index contributed by atoms with van der Waals surface area (Å²) in [4.78, 5) is 31.2. The summed E-state index contributed by atoms with van der Waals surface area (Å²) in [6.45, 7) is 5.59. The van der Waals surface area contributed by atoms with E-state index in [-0.39, 0.29) is 18.3 Å². The number of benzene rings is 2. The molecule has 0 fully saturated rings. The number of aryl methyl sites for hydroxylation is 2. The van der Waals surface area contributed by atoms with Crippen molar-refractivity contribution in [1.82, 2.24) is 19.9 Å². The number of aromatic nitrogens is 3. The van der Waals surface area contributed by atoms with Crippen molar-refractivity contribution in [2.75, 3.05) is 32.1 Å². The zero-order valence-electron chi connectivity index (χ0n) is 18.1. The molecule has 0 N–H and O–H groups in total. The van der Waals surface area contributed by atoms with Crippen LogP contribution in [-0.4, -0.2) is 52.9 Å². The van der Waals surface area contributed by atoms with Gasteiger partial charge >= 0.3 is 0 Å². The monoisotopic (exact) mass is 455 g/mol. The van der Waals surface area contributed by atoms with E-state index in [0.717, 1.165) is 34.3 Å². The van der Waals surface area contributed by atoms with Gasteiger partial charge in [0.25, 0.3) is 5.91 Å². The summed E-state index contributed by atoms with van der Waals surface area (Å²) in [6, 6.07) is 11.8. The molecule has 0 aliphatic heterocycles. The number of para-hydroxylation sites is 2. The molecule has 31 heavy (non-hydrogen) atoms. The minimum Gasteiger partial charge on any atom is -0.309 e. The number of nitrogens with zero attached hydrogens (tertiary/aromatic N) is 5. The van der Waals surface area contributed by atoms with Crippen LogP contribution in [0.5, 0.6) is 0 Å². The Balaban J connectivity index is 0.00000272. The molecular formula is C23H26ClN5OS. The lowest BCUT2D eigenvalue weighted by Gasteiger charge is -2.20. The molecule has 4 aromatic rings. The average Bonchev–Trinajstić information content (AvgIpc) is 3.19. The zero-order valence-corrected chi connectivity index (χ0v) is 19.8. The quantitative estimate of drug-likeness (QED) is 0.414. The number of halogens is 1. The Kier molecular flexibility index (Phi) is 7.20. The van der Waals surface area contributed by atoms with Gasteiger partial charge in [-0.05, 0) is 64.2 Å².